The highest BCUT2D eigenvalue weighted by Crippen LogP contribution is 2.39. The van der Waals surface area contributed by atoms with E-state index < -0.39 is 0 Å². The van der Waals surface area contributed by atoms with Crippen LogP contribution in [0.15, 0.2) is 89.7 Å². The Hall–Kier alpha value is -4.52. The number of carbonyl (C=O) groups is 1. The van der Waals surface area contributed by atoms with Gasteiger partial charge in [0, 0.05) is 72.0 Å². The normalized spacial score (nSPS) is 14.1. The summed E-state index contributed by atoms with van der Waals surface area (Å²) in [4.78, 5) is 15.9. The van der Waals surface area contributed by atoms with Gasteiger partial charge >= 0.3 is 0 Å². The Bertz CT molecular complexity index is 1880. The summed E-state index contributed by atoms with van der Waals surface area (Å²) in [5.74, 6) is -0.412. The molecule has 0 spiro atoms. The minimum atomic E-state index is -0.206. The summed E-state index contributed by atoms with van der Waals surface area (Å²) in [6.07, 6.45) is 15.5. The van der Waals surface area contributed by atoms with E-state index in [1.54, 1.807) is 0 Å². The van der Waals surface area contributed by atoms with Gasteiger partial charge in [-0.15, -0.1) is 0 Å². The van der Waals surface area contributed by atoms with Crippen molar-refractivity contribution in [2.24, 2.45) is 0 Å². The van der Waals surface area contributed by atoms with Crippen LogP contribution >= 0.6 is 0 Å². The third-order valence-corrected chi connectivity index (χ3v) is 10.2. The molecule has 0 saturated heterocycles. The summed E-state index contributed by atoms with van der Waals surface area (Å²) in [5.41, 5.74) is 13.6. The van der Waals surface area contributed by atoms with Gasteiger partial charge in [-0.25, -0.2) is 0 Å². The number of aliphatic hydroxyl groups excluding tert-OH is 2. The van der Waals surface area contributed by atoms with Crippen LogP contribution in [0.3, 0.4) is 0 Å². The number of hydrogen-bond donors (Lipinski definition) is 2. The molecule has 0 unspecified atom stereocenters. The molecule has 274 valence electrons. The molecule has 52 heavy (non-hydrogen) atoms. The van der Waals surface area contributed by atoms with E-state index in [4.69, 9.17) is 0 Å². The average molecular weight is 701 g/mol. The first-order valence-corrected chi connectivity index (χ1v) is 19.0. The molecular weight excluding hydrogens is 645 g/mol. The Labute approximate surface area is 310 Å². The van der Waals surface area contributed by atoms with Crippen LogP contribution in [-0.2, 0) is 4.79 Å². The highest BCUT2D eigenvalue weighted by Gasteiger charge is 2.31. The number of benzene rings is 3. The van der Waals surface area contributed by atoms with Crippen molar-refractivity contribution in [3.63, 3.8) is 0 Å². The van der Waals surface area contributed by atoms with Crippen molar-refractivity contribution in [3.05, 3.63) is 129 Å². The van der Waals surface area contributed by atoms with Crippen LogP contribution in [0.1, 0.15) is 90.3 Å². The van der Waals surface area contributed by atoms with E-state index in [1.807, 2.05) is 48.6 Å². The molecule has 6 heteroatoms. The van der Waals surface area contributed by atoms with Crippen LogP contribution in [0.4, 0.5) is 17.1 Å². The number of aliphatic hydroxyl groups is 2. The maximum atomic E-state index is 13.6. The maximum absolute atomic E-state index is 13.6. The molecule has 6 nitrogen and oxygen atoms in total. The molecule has 2 aliphatic carbocycles. The van der Waals surface area contributed by atoms with Crippen molar-refractivity contribution in [3.8, 4) is 0 Å². The molecule has 0 heterocycles. The number of carbonyl (C=O) groups excluding carboxylic acids is 1. The van der Waals surface area contributed by atoms with Gasteiger partial charge in [0.2, 0.25) is 11.4 Å². The van der Waals surface area contributed by atoms with Gasteiger partial charge in [0.1, 0.15) is 6.54 Å². The SMILES string of the molecule is Cc1cc(C)c(N(CCCCCCO)c2ccc(C3=C([O-])C(=C4C=CC(=[N+](CCCCCCO)c5c(C)cc(C)cc5C)C=C4)C3=O)cc2)c(C)c1. The van der Waals surface area contributed by atoms with Crippen LogP contribution in [0, 0.1) is 41.5 Å². The number of nitrogens with zero attached hydrogens (tertiary/aromatic N) is 2. The molecule has 3 aromatic rings. The molecule has 5 rings (SSSR count). The van der Waals surface area contributed by atoms with Gasteiger partial charge in [-0.05, 0) is 126 Å². The second kappa shape index (κ2) is 17.8. The summed E-state index contributed by atoms with van der Waals surface area (Å²) in [7, 11) is 0. The Balaban J connectivity index is 1.41. The topological polar surface area (TPSA) is 86.8 Å². The van der Waals surface area contributed by atoms with Crippen molar-refractivity contribution >= 4 is 34.1 Å². The lowest BCUT2D eigenvalue weighted by Gasteiger charge is -2.33. The molecule has 0 bridgehead atoms. The van der Waals surface area contributed by atoms with E-state index in [9.17, 15) is 20.1 Å². The first kappa shape index (κ1) is 38.7. The van der Waals surface area contributed by atoms with Gasteiger partial charge in [0.05, 0.1) is 0 Å². The molecule has 0 aromatic heterocycles. The van der Waals surface area contributed by atoms with Crippen LogP contribution in [0.2, 0.25) is 0 Å². The van der Waals surface area contributed by atoms with E-state index in [-0.39, 0.29) is 35.9 Å². The first-order valence-electron chi connectivity index (χ1n) is 19.0. The Morgan fingerprint density at radius 1 is 0.635 bits per heavy atom. The summed E-state index contributed by atoms with van der Waals surface area (Å²) in [6.45, 7) is 15.0. The third kappa shape index (κ3) is 8.74. The Morgan fingerprint density at radius 2 is 1.15 bits per heavy atom. The van der Waals surface area contributed by atoms with Crippen LogP contribution in [0.25, 0.3) is 5.57 Å². The summed E-state index contributed by atoms with van der Waals surface area (Å²) in [5, 5.41) is 32.0. The zero-order valence-electron chi connectivity index (χ0n) is 32.0. The van der Waals surface area contributed by atoms with E-state index in [1.165, 1.54) is 44.8 Å². The van der Waals surface area contributed by atoms with Crippen molar-refractivity contribution in [1.82, 2.24) is 0 Å². The Morgan fingerprint density at radius 3 is 1.69 bits per heavy atom. The number of rotatable bonds is 16. The third-order valence-electron chi connectivity index (χ3n) is 10.2. The lowest BCUT2D eigenvalue weighted by Crippen LogP contribution is -2.30. The van der Waals surface area contributed by atoms with Crippen LogP contribution in [-0.4, -0.2) is 52.6 Å². The van der Waals surface area contributed by atoms with Crippen molar-refractivity contribution in [1.29, 1.82) is 0 Å². The minimum absolute atomic E-state index is 0.206. The number of aryl methyl sites for hydroxylation is 6. The zero-order valence-corrected chi connectivity index (χ0v) is 32.0. The number of hydrogen-bond acceptors (Lipinski definition) is 5. The summed E-state index contributed by atoms with van der Waals surface area (Å²) >= 11 is 0. The molecule has 0 fully saturated rings. The highest BCUT2D eigenvalue weighted by atomic mass is 16.3. The molecule has 0 aliphatic heterocycles. The molecule has 2 aliphatic rings. The second-order valence-corrected chi connectivity index (χ2v) is 14.6. The van der Waals surface area contributed by atoms with Crippen molar-refractivity contribution < 1.29 is 24.7 Å². The van der Waals surface area contributed by atoms with Gasteiger partial charge in [-0.3, -0.25) is 4.79 Å². The quantitative estimate of drug-likeness (QED) is 0.0888. The summed E-state index contributed by atoms with van der Waals surface area (Å²) in [6, 6.07) is 16.7. The fourth-order valence-electron chi connectivity index (χ4n) is 7.94. The molecule has 0 radical (unpaired) electrons. The lowest BCUT2D eigenvalue weighted by molar-refractivity contribution is -0.440. The fraction of sp³-hybridized carbons (Fsp3) is 0.391. The average Bonchev–Trinajstić information content (AvgIpc) is 3.10. The van der Waals surface area contributed by atoms with Gasteiger partial charge in [-0.1, -0.05) is 60.4 Å². The molecule has 0 atom stereocenters. The van der Waals surface area contributed by atoms with Crippen LogP contribution in [0.5, 0.6) is 0 Å². The van der Waals surface area contributed by atoms with E-state index in [0.717, 1.165) is 75.9 Å². The molecular formula is C46H56N2O4. The molecule has 0 amide bonds. The molecule has 0 saturated carbocycles. The fourth-order valence-corrected chi connectivity index (χ4v) is 7.94. The summed E-state index contributed by atoms with van der Waals surface area (Å²) < 4.78 is 2.35. The van der Waals surface area contributed by atoms with Crippen LogP contribution < -0.4 is 10.0 Å². The molecule has 2 N–H and O–H groups in total. The standard InChI is InChI=1S/C46H56N2O4/c1-31-27-33(3)43(34(4)28-31)47(23-11-7-9-13-25-49)39-19-15-37(16-20-39)41-45(51)42(46(41)52)38-17-21-40(22-18-38)48(24-12-8-10-14-26-50)44-35(5)29-32(2)30-36(44)6/h15-22,27-30,49-50H,7-14,23-26H2,1-6H3. The van der Waals surface area contributed by atoms with Gasteiger partial charge in [0.25, 0.3) is 0 Å². The number of ketones is 1. The smallest absolute Gasteiger partial charge is 0.211 e. The van der Waals surface area contributed by atoms with Gasteiger partial charge in [-0.2, -0.15) is 4.58 Å². The molecule has 3 aromatic carbocycles. The number of anilines is 2. The predicted octanol–water partition coefficient (Wildman–Crippen LogP) is 8.64. The Kier molecular flexibility index (Phi) is 13.3. The number of allylic oxidation sites excluding steroid dienone is 7. The monoisotopic (exact) mass is 700 g/mol. The minimum Gasteiger partial charge on any atom is -0.871 e. The number of Topliss-reactive ketones (excluding diaryl/α,β-unsaturated/α-hetero) is 1. The van der Waals surface area contributed by atoms with Crippen molar-refractivity contribution in [2.45, 2.75) is 92.9 Å². The van der Waals surface area contributed by atoms with Gasteiger partial charge in [0.15, 0.2) is 5.78 Å². The zero-order chi connectivity index (χ0) is 37.4. The number of unbranched alkanes of at least 4 members (excludes halogenated alkanes) is 6. The second-order valence-electron chi connectivity index (χ2n) is 14.6. The van der Waals surface area contributed by atoms with E-state index in [0.29, 0.717) is 11.1 Å². The predicted molar refractivity (Wildman–Crippen MR) is 213 cm³/mol. The lowest BCUT2D eigenvalue weighted by atomic mass is 9.80. The van der Waals surface area contributed by atoms with Gasteiger partial charge < -0.3 is 20.2 Å². The largest absolute Gasteiger partial charge is 0.871 e. The highest BCUT2D eigenvalue weighted by molar-refractivity contribution is 6.39. The van der Waals surface area contributed by atoms with E-state index in [2.05, 4.69) is 75.3 Å². The van der Waals surface area contributed by atoms with E-state index >= 15 is 0 Å². The maximum Gasteiger partial charge on any atom is 0.211 e. The van der Waals surface area contributed by atoms with Crippen molar-refractivity contribution in [2.75, 3.05) is 31.2 Å². The first-order chi connectivity index (χ1) is 25.0.